The molecule has 1 aliphatic heterocycles. The summed E-state index contributed by atoms with van der Waals surface area (Å²) in [5.41, 5.74) is 1.61. The number of rotatable bonds is 3. The van der Waals surface area contributed by atoms with Gasteiger partial charge in [0.25, 0.3) is 0 Å². The van der Waals surface area contributed by atoms with Gasteiger partial charge in [-0.1, -0.05) is 0 Å². The molecule has 3 aliphatic rings. The van der Waals surface area contributed by atoms with Crippen LogP contribution in [0.5, 0.6) is 0 Å². The van der Waals surface area contributed by atoms with Crippen LogP contribution in [-0.4, -0.2) is 30.1 Å². The van der Waals surface area contributed by atoms with Crippen molar-refractivity contribution in [3.8, 4) is 0 Å². The lowest BCUT2D eigenvalue weighted by Gasteiger charge is -2.27. The Morgan fingerprint density at radius 1 is 1.22 bits per heavy atom. The van der Waals surface area contributed by atoms with Crippen LogP contribution in [0.15, 0.2) is 11.4 Å². The fourth-order valence-electron chi connectivity index (χ4n) is 3.64. The Kier molecular flexibility index (Phi) is 2.94. The van der Waals surface area contributed by atoms with Crippen LogP contribution in [0.3, 0.4) is 0 Å². The molecule has 4 rings (SSSR count). The lowest BCUT2D eigenvalue weighted by atomic mass is 9.93. The minimum absolute atomic E-state index is 0.643. The number of nitrogens with zero attached hydrogens (tertiary/aromatic N) is 1. The number of aryl methyl sites for hydroxylation is 1. The zero-order valence-corrected chi connectivity index (χ0v) is 11.7. The molecule has 1 saturated carbocycles. The van der Waals surface area contributed by atoms with Crippen molar-refractivity contribution >= 4 is 11.3 Å². The molecule has 0 aromatic carbocycles. The van der Waals surface area contributed by atoms with E-state index in [1.165, 1.54) is 51.6 Å². The van der Waals surface area contributed by atoms with Gasteiger partial charge in [-0.05, 0) is 55.5 Å². The third kappa shape index (κ3) is 2.13. The largest absolute Gasteiger partial charge is 0.306 e. The molecule has 0 bridgehead atoms. The number of hydrogen-bond donors (Lipinski definition) is 1. The fourth-order valence-corrected chi connectivity index (χ4v) is 4.63. The molecule has 2 unspecified atom stereocenters. The molecule has 2 aliphatic carbocycles. The van der Waals surface area contributed by atoms with Crippen LogP contribution in [0.4, 0.5) is 0 Å². The number of hydrogen-bond acceptors (Lipinski definition) is 3. The second-order valence-corrected chi connectivity index (χ2v) is 7.12. The maximum absolute atomic E-state index is 3.94. The Hall–Kier alpha value is -0.380. The number of fused-ring (bicyclic) bond motifs is 1. The summed E-state index contributed by atoms with van der Waals surface area (Å²) in [6.45, 7) is 2.62. The van der Waals surface area contributed by atoms with Gasteiger partial charge in [-0.2, -0.15) is 0 Å². The molecular formula is C15H22N2S. The van der Waals surface area contributed by atoms with E-state index in [0.29, 0.717) is 6.04 Å². The van der Waals surface area contributed by atoms with Crippen LogP contribution in [0.1, 0.15) is 48.6 Å². The summed E-state index contributed by atoms with van der Waals surface area (Å²) in [6.07, 6.45) is 8.26. The van der Waals surface area contributed by atoms with E-state index in [2.05, 4.69) is 21.7 Å². The predicted molar refractivity (Wildman–Crippen MR) is 76.1 cm³/mol. The first-order valence-corrected chi connectivity index (χ1v) is 8.34. The summed E-state index contributed by atoms with van der Waals surface area (Å²) in [7, 11) is 0. The molecule has 18 heavy (non-hydrogen) atoms. The predicted octanol–water partition coefficient (Wildman–Crippen LogP) is 2.95. The maximum Gasteiger partial charge on any atom is 0.0334 e. The number of thiophene rings is 1. The van der Waals surface area contributed by atoms with Gasteiger partial charge in [0.1, 0.15) is 0 Å². The molecule has 98 valence electrons. The van der Waals surface area contributed by atoms with Gasteiger partial charge in [0.2, 0.25) is 0 Å². The smallest absolute Gasteiger partial charge is 0.0334 e. The van der Waals surface area contributed by atoms with E-state index < -0.39 is 0 Å². The second kappa shape index (κ2) is 4.62. The van der Waals surface area contributed by atoms with Gasteiger partial charge in [-0.3, -0.25) is 4.90 Å². The van der Waals surface area contributed by atoms with Crippen molar-refractivity contribution in [3.05, 3.63) is 21.9 Å². The standard InChI is InChI=1S/C15H22N2S/c1-2-14(13-7-9-18-15(13)3-1)16-11-6-8-17(10-11)12-4-5-12/h7,9,11-12,14,16H,1-6,8,10H2. The van der Waals surface area contributed by atoms with Crippen LogP contribution in [0, 0.1) is 0 Å². The summed E-state index contributed by atoms with van der Waals surface area (Å²) >= 11 is 1.95. The van der Waals surface area contributed by atoms with Crippen molar-refractivity contribution < 1.29 is 0 Å². The second-order valence-electron chi connectivity index (χ2n) is 6.12. The van der Waals surface area contributed by atoms with Gasteiger partial charge < -0.3 is 5.32 Å². The molecule has 2 fully saturated rings. The molecule has 2 heterocycles. The van der Waals surface area contributed by atoms with Gasteiger partial charge in [0.15, 0.2) is 0 Å². The SMILES string of the molecule is c1cc2c(s1)CCCC2NC1CCN(C2CC2)C1. The van der Waals surface area contributed by atoms with E-state index in [0.717, 1.165) is 12.1 Å². The summed E-state index contributed by atoms with van der Waals surface area (Å²) in [4.78, 5) is 4.34. The molecule has 0 radical (unpaired) electrons. The molecule has 1 saturated heterocycles. The zero-order chi connectivity index (χ0) is 11.9. The molecule has 2 atom stereocenters. The quantitative estimate of drug-likeness (QED) is 0.901. The van der Waals surface area contributed by atoms with Gasteiger partial charge in [0.05, 0.1) is 0 Å². The molecule has 0 amide bonds. The maximum atomic E-state index is 3.94. The van der Waals surface area contributed by atoms with Crippen molar-refractivity contribution in [2.45, 2.75) is 56.7 Å². The minimum atomic E-state index is 0.643. The van der Waals surface area contributed by atoms with Crippen LogP contribution in [0.2, 0.25) is 0 Å². The molecule has 2 nitrogen and oxygen atoms in total. The van der Waals surface area contributed by atoms with Crippen molar-refractivity contribution in [3.63, 3.8) is 0 Å². The van der Waals surface area contributed by atoms with Crippen LogP contribution >= 0.6 is 11.3 Å². The van der Waals surface area contributed by atoms with Crippen molar-refractivity contribution in [2.24, 2.45) is 0 Å². The molecule has 3 heteroatoms. The first-order valence-electron chi connectivity index (χ1n) is 7.46. The lowest BCUT2D eigenvalue weighted by Crippen LogP contribution is -2.36. The van der Waals surface area contributed by atoms with E-state index in [-0.39, 0.29) is 0 Å². The van der Waals surface area contributed by atoms with Crippen LogP contribution in [0.25, 0.3) is 0 Å². The first-order chi connectivity index (χ1) is 8.90. The van der Waals surface area contributed by atoms with Gasteiger partial charge >= 0.3 is 0 Å². The van der Waals surface area contributed by atoms with Crippen LogP contribution in [-0.2, 0) is 6.42 Å². The topological polar surface area (TPSA) is 15.3 Å². The molecule has 1 aromatic heterocycles. The third-order valence-corrected chi connectivity index (χ3v) is 5.77. The molecular weight excluding hydrogens is 240 g/mol. The fraction of sp³-hybridized carbons (Fsp3) is 0.733. The average molecular weight is 262 g/mol. The highest BCUT2D eigenvalue weighted by Gasteiger charge is 2.35. The normalized spacial score (nSPS) is 32.7. The van der Waals surface area contributed by atoms with E-state index in [9.17, 15) is 0 Å². The van der Waals surface area contributed by atoms with E-state index in [1.807, 2.05) is 11.3 Å². The highest BCUT2D eigenvalue weighted by molar-refractivity contribution is 7.10. The van der Waals surface area contributed by atoms with Gasteiger partial charge in [0, 0.05) is 36.1 Å². The summed E-state index contributed by atoms with van der Waals surface area (Å²) in [5.74, 6) is 0. The minimum Gasteiger partial charge on any atom is -0.306 e. The molecule has 1 N–H and O–H groups in total. The molecule has 1 aromatic rings. The lowest BCUT2D eigenvalue weighted by molar-refractivity contribution is 0.308. The third-order valence-electron chi connectivity index (χ3n) is 4.77. The average Bonchev–Trinajstić information content (AvgIpc) is 2.94. The van der Waals surface area contributed by atoms with E-state index >= 15 is 0 Å². The Balaban J connectivity index is 1.41. The van der Waals surface area contributed by atoms with E-state index in [1.54, 1.807) is 10.4 Å². The highest BCUT2D eigenvalue weighted by atomic mass is 32.1. The van der Waals surface area contributed by atoms with Gasteiger partial charge in [-0.25, -0.2) is 0 Å². The van der Waals surface area contributed by atoms with Crippen molar-refractivity contribution in [1.82, 2.24) is 10.2 Å². The van der Waals surface area contributed by atoms with Crippen LogP contribution < -0.4 is 5.32 Å². The first kappa shape index (κ1) is 11.4. The summed E-state index contributed by atoms with van der Waals surface area (Å²) < 4.78 is 0. The molecule has 0 spiro atoms. The Labute approximate surface area is 113 Å². The zero-order valence-electron chi connectivity index (χ0n) is 10.9. The summed E-state index contributed by atoms with van der Waals surface area (Å²) in [5, 5.41) is 6.21. The van der Waals surface area contributed by atoms with E-state index in [4.69, 9.17) is 0 Å². The Morgan fingerprint density at radius 2 is 2.17 bits per heavy atom. The summed E-state index contributed by atoms with van der Waals surface area (Å²) in [6, 6.07) is 4.68. The van der Waals surface area contributed by atoms with Gasteiger partial charge in [-0.15, -0.1) is 11.3 Å². The number of nitrogens with one attached hydrogen (secondary N) is 1. The van der Waals surface area contributed by atoms with Crippen molar-refractivity contribution in [1.29, 1.82) is 0 Å². The Morgan fingerprint density at radius 3 is 3.06 bits per heavy atom. The Bertz CT molecular complexity index is 424. The van der Waals surface area contributed by atoms with Crippen molar-refractivity contribution in [2.75, 3.05) is 13.1 Å². The monoisotopic (exact) mass is 262 g/mol. The highest BCUT2D eigenvalue weighted by Crippen LogP contribution is 2.35. The number of likely N-dealkylation sites (tertiary alicyclic amines) is 1.